The standard InChI is InChI=1S/C23H25NO/c1-2-3-4-5-6-7-12-19-25-24-22-15-10-8-13-20(22)17-18-21-14-9-11-16-23(21)24/h2,8-11,13-16H,1,3-7,12,19H2. The van der Waals surface area contributed by atoms with Crippen LogP contribution in [0.15, 0.2) is 61.2 Å². The fraction of sp³-hybridized carbons (Fsp3) is 0.304. The number of unbranched alkanes of at least 4 members (excludes halogenated alkanes) is 5. The van der Waals surface area contributed by atoms with Crippen LogP contribution in [0.3, 0.4) is 0 Å². The van der Waals surface area contributed by atoms with Gasteiger partial charge in [-0.1, -0.05) is 61.4 Å². The number of anilines is 2. The van der Waals surface area contributed by atoms with Crippen molar-refractivity contribution in [2.75, 3.05) is 11.7 Å². The van der Waals surface area contributed by atoms with Crippen LogP contribution in [0.25, 0.3) is 0 Å². The van der Waals surface area contributed by atoms with E-state index < -0.39 is 0 Å². The first-order valence-corrected chi connectivity index (χ1v) is 9.14. The van der Waals surface area contributed by atoms with Crippen molar-refractivity contribution in [3.05, 3.63) is 72.3 Å². The number of hydrogen-bond acceptors (Lipinski definition) is 2. The van der Waals surface area contributed by atoms with Crippen molar-refractivity contribution in [3.63, 3.8) is 0 Å². The third-order valence-electron chi connectivity index (χ3n) is 4.35. The molecule has 0 saturated carbocycles. The summed E-state index contributed by atoms with van der Waals surface area (Å²) in [5, 5.41) is 1.94. The lowest BCUT2D eigenvalue weighted by Crippen LogP contribution is -2.19. The van der Waals surface area contributed by atoms with Crippen LogP contribution >= 0.6 is 0 Å². The molecule has 1 aliphatic heterocycles. The van der Waals surface area contributed by atoms with E-state index in [0.717, 1.165) is 35.3 Å². The topological polar surface area (TPSA) is 12.5 Å². The Balaban J connectivity index is 1.63. The van der Waals surface area contributed by atoms with Gasteiger partial charge in [0.1, 0.15) is 0 Å². The molecule has 0 aromatic heterocycles. The highest BCUT2D eigenvalue weighted by Crippen LogP contribution is 2.33. The van der Waals surface area contributed by atoms with Gasteiger partial charge < -0.3 is 0 Å². The van der Waals surface area contributed by atoms with Gasteiger partial charge in [-0.2, -0.15) is 0 Å². The molecular formula is C23H25NO. The lowest BCUT2D eigenvalue weighted by molar-refractivity contribution is 0.131. The van der Waals surface area contributed by atoms with Gasteiger partial charge in [-0.25, -0.2) is 5.06 Å². The van der Waals surface area contributed by atoms with E-state index in [1.165, 1.54) is 25.7 Å². The van der Waals surface area contributed by atoms with E-state index in [1.54, 1.807) is 0 Å². The summed E-state index contributed by atoms with van der Waals surface area (Å²) < 4.78 is 0. The molecule has 128 valence electrons. The van der Waals surface area contributed by atoms with Gasteiger partial charge in [-0.3, -0.25) is 4.84 Å². The van der Waals surface area contributed by atoms with Gasteiger partial charge in [0.25, 0.3) is 0 Å². The van der Waals surface area contributed by atoms with Crippen molar-refractivity contribution in [2.45, 2.75) is 38.5 Å². The average Bonchev–Trinajstić information content (AvgIpc) is 2.81. The van der Waals surface area contributed by atoms with Gasteiger partial charge in [-0.05, 0) is 43.5 Å². The predicted octanol–water partition coefficient (Wildman–Crippen LogP) is 6.00. The van der Waals surface area contributed by atoms with E-state index in [2.05, 4.69) is 30.6 Å². The predicted molar refractivity (Wildman–Crippen MR) is 105 cm³/mol. The molecule has 2 aromatic carbocycles. The molecule has 0 atom stereocenters. The SMILES string of the molecule is C=CCCCCCCCON1c2ccccc2C#Cc2ccccc21. The van der Waals surface area contributed by atoms with Gasteiger partial charge in [0, 0.05) is 0 Å². The average molecular weight is 331 g/mol. The minimum atomic E-state index is 0.712. The number of benzene rings is 2. The quantitative estimate of drug-likeness (QED) is 0.317. The molecular weight excluding hydrogens is 306 g/mol. The second-order valence-corrected chi connectivity index (χ2v) is 6.26. The lowest BCUT2D eigenvalue weighted by Gasteiger charge is -2.25. The number of para-hydroxylation sites is 2. The van der Waals surface area contributed by atoms with Crippen LogP contribution in [0.4, 0.5) is 11.4 Å². The molecule has 2 aromatic rings. The highest BCUT2D eigenvalue weighted by molar-refractivity contribution is 5.75. The lowest BCUT2D eigenvalue weighted by atomic mass is 10.1. The molecule has 0 spiro atoms. The summed E-state index contributed by atoms with van der Waals surface area (Å²) in [6, 6.07) is 16.3. The summed E-state index contributed by atoms with van der Waals surface area (Å²) in [6.07, 6.45) is 9.16. The van der Waals surface area contributed by atoms with Crippen LogP contribution in [0, 0.1) is 11.8 Å². The molecule has 2 heteroatoms. The van der Waals surface area contributed by atoms with E-state index in [9.17, 15) is 0 Å². The Hall–Kier alpha value is -2.50. The molecule has 3 rings (SSSR count). The maximum absolute atomic E-state index is 6.18. The molecule has 0 bridgehead atoms. The summed E-state index contributed by atoms with van der Waals surface area (Å²) in [7, 11) is 0. The number of nitrogens with zero attached hydrogens (tertiary/aromatic N) is 1. The van der Waals surface area contributed by atoms with Gasteiger partial charge in [-0.15, -0.1) is 6.58 Å². The highest BCUT2D eigenvalue weighted by Gasteiger charge is 2.18. The number of fused-ring (bicyclic) bond motifs is 2. The fourth-order valence-corrected chi connectivity index (χ4v) is 2.99. The molecule has 1 aliphatic rings. The largest absolute Gasteiger partial charge is 0.269 e. The molecule has 2 nitrogen and oxygen atoms in total. The van der Waals surface area contributed by atoms with Crippen molar-refractivity contribution >= 4 is 11.4 Å². The number of allylic oxidation sites excluding steroid dienone is 1. The molecule has 0 aliphatic carbocycles. The molecule has 25 heavy (non-hydrogen) atoms. The van der Waals surface area contributed by atoms with Crippen molar-refractivity contribution in [1.82, 2.24) is 0 Å². The van der Waals surface area contributed by atoms with Crippen molar-refractivity contribution in [3.8, 4) is 11.8 Å². The second kappa shape index (κ2) is 9.11. The Morgan fingerprint density at radius 1 is 0.800 bits per heavy atom. The van der Waals surface area contributed by atoms with Crippen molar-refractivity contribution < 1.29 is 4.84 Å². The zero-order chi connectivity index (χ0) is 17.3. The normalized spacial score (nSPS) is 11.8. The summed E-state index contributed by atoms with van der Waals surface area (Å²) in [5.41, 5.74) is 4.04. The number of hydrogen-bond donors (Lipinski definition) is 0. The van der Waals surface area contributed by atoms with Gasteiger partial charge in [0.15, 0.2) is 0 Å². The zero-order valence-electron chi connectivity index (χ0n) is 14.7. The monoisotopic (exact) mass is 331 g/mol. The Morgan fingerprint density at radius 2 is 1.36 bits per heavy atom. The number of rotatable bonds is 9. The molecule has 1 heterocycles. The van der Waals surface area contributed by atoms with E-state index >= 15 is 0 Å². The molecule has 0 N–H and O–H groups in total. The van der Waals surface area contributed by atoms with Crippen molar-refractivity contribution in [1.29, 1.82) is 0 Å². The Kier molecular flexibility index (Phi) is 6.31. The maximum Gasteiger partial charge on any atom is 0.0852 e. The van der Waals surface area contributed by atoms with E-state index in [0.29, 0.717) is 6.61 Å². The Bertz CT molecular complexity index is 717. The van der Waals surface area contributed by atoms with E-state index in [-0.39, 0.29) is 0 Å². The minimum absolute atomic E-state index is 0.712. The van der Waals surface area contributed by atoms with Crippen LogP contribution in [-0.2, 0) is 4.84 Å². The molecule has 0 unspecified atom stereocenters. The third-order valence-corrected chi connectivity index (χ3v) is 4.35. The third kappa shape index (κ3) is 4.53. The Labute approximate surface area is 151 Å². The minimum Gasteiger partial charge on any atom is -0.269 e. The van der Waals surface area contributed by atoms with E-state index in [1.807, 2.05) is 47.5 Å². The highest BCUT2D eigenvalue weighted by atomic mass is 16.7. The van der Waals surface area contributed by atoms with Crippen LogP contribution in [0.5, 0.6) is 0 Å². The Morgan fingerprint density at radius 3 is 2.00 bits per heavy atom. The maximum atomic E-state index is 6.18. The van der Waals surface area contributed by atoms with Crippen LogP contribution < -0.4 is 5.06 Å². The first-order chi connectivity index (χ1) is 12.4. The first-order valence-electron chi connectivity index (χ1n) is 9.14. The second-order valence-electron chi connectivity index (χ2n) is 6.26. The first kappa shape index (κ1) is 17.3. The van der Waals surface area contributed by atoms with Gasteiger partial charge >= 0.3 is 0 Å². The molecule has 0 fully saturated rings. The van der Waals surface area contributed by atoms with Crippen LogP contribution in [-0.4, -0.2) is 6.61 Å². The van der Waals surface area contributed by atoms with Crippen molar-refractivity contribution in [2.24, 2.45) is 0 Å². The van der Waals surface area contributed by atoms with Crippen LogP contribution in [0.1, 0.15) is 49.7 Å². The van der Waals surface area contributed by atoms with Gasteiger partial charge in [0.05, 0.1) is 29.1 Å². The van der Waals surface area contributed by atoms with Crippen LogP contribution in [0.2, 0.25) is 0 Å². The van der Waals surface area contributed by atoms with E-state index in [4.69, 9.17) is 4.84 Å². The fourth-order valence-electron chi connectivity index (χ4n) is 2.99. The smallest absolute Gasteiger partial charge is 0.0852 e. The summed E-state index contributed by atoms with van der Waals surface area (Å²) in [4.78, 5) is 6.18. The molecule has 0 radical (unpaired) electrons. The summed E-state index contributed by atoms with van der Waals surface area (Å²) >= 11 is 0. The van der Waals surface area contributed by atoms with Gasteiger partial charge in [0.2, 0.25) is 0 Å². The molecule has 0 amide bonds. The zero-order valence-corrected chi connectivity index (χ0v) is 14.7. The summed E-state index contributed by atoms with van der Waals surface area (Å²) in [6.45, 7) is 4.48. The molecule has 0 saturated heterocycles. The summed E-state index contributed by atoms with van der Waals surface area (Å²) in [5.74, 6) is 6.52.